The maximum absolute atomic E-state index is 12.7. The molecule has 1 aliphatic rings. The summed E-state index contributed by atoms with van der Waals surface area (Å²) in [6.45, 7) is 9.06. The fraction of sp³-hybridized carbons (Fsp3) is 0.591. The molecule has 1 aliphatic carbocycles. The molecule has 158 valence electrons. The Morgan fingerprint density at radius 3 is 2.34 bits per heavy atom. The second kappa shape index (κ2) is 10.7. The van der Waals surface area contributed by atoms with Gasteiger partial charge in [-0.15, -0.1) is 10.2 Å². The monoisotopic (exact) mass is 416 g/mol. The average Bonchev–Trinajstić information content (AvgIpc) is 3.24. The van der Waals surface area contributed by atoms with Gasteiger partial charge in [-0.25, -0.2) is 0 Å². The first-order valence-corrected chi connectivity index (χ1v) is 11.8. The molecule has 0 atom stereocenters. The number of rotatable bonds is 9. The molecule has 0 saturated heterocycles. The molecule has 1 fully saturated rings. The van der Waals surface area contributed by atoms with E-state index in [0.717, 1.165) is 38.0 Å². The summed E-state index contributed by atoms with van der Waals surface area (Å²) in [5.74, 6) is 0.991. The van der Waals surface area contributed by atoms with Crippen LogP contribution in [0.15, 0.2) is 33.9 Å². The first-order chi connectivity index (χ1) is 14.2. The van der Waals surface area contributed by atoms with Crippen LogP contribution in [0.25, 0.3) is 11.5 Å². The molecule has 7 heteroatoms. The van der Waals surface area contributed by atoms with Gasteiger partial charge in [-0.2, -0.15) is 0 Å². The molecule has 0 spiro atoms. The lowest BCUT2D eigenvalue weighted by Crippen LogP contribution is -2.42. The van der Waals surface area contributed by atoms with Gasteiger partial charge in [0.2, 0.25) is 11.8 Å². The van der Waals surface area contributed by atoms with Crippen molar-refractivity contribution in [3.8, 4) is 11.5 Å². The number of nitrogens with zero attached hydrogens (tertiary/aromatic N) is 4. The second-order valence-electron chi connectivity index (χ2n) is 7.35. The SMILES string of the molecule is CCN(CC)c1ccc(-c2nnc(SCC(=O)N(CC)C3CCCCC3)o2)cc1. The molecule has 3 rings (SSSR count). The lowest BCUT2D eigenvalue weighted by molar-refractivity contribution is -0.131. The van der Waals surface area contributed by atoms with Crippen LogP contribution < -0.4 is 4.90 Å². The van der Waals surface area contributed by atoms with Crippen molar-refractivity contribution >= 4 is 23.4 Å². The Hall–Kier alpha value is -2.02. The molecule has 2 aromatic rings. The van der Waals surface area contributed by atoms with Gasteiger partial charge in [0, 0.05) is 36.9 Å². The average molecular weight is 417 g/mol. The highest BCUT2D eigenvalue weighted by molar-refractivity contribution is 7.99. The van der Waals surface area contributed by atoms with Gasteiger partial charge >= 0.3 is 0 Å². The number of carbonyl (C=O) groups excluding carboxylic acids is 1. The number of aromatic nitrogens is 2. The summed E-state index contributed by atoms with van der Waals surface area (Å²) >= 11 is 1.33. The van der Waals surface area contributed by atoms with E-state index in [1.165, 1.54) is 36.7 Å². The topological polar surface area (TPSA) is 62.5 Å². The number of benzene rings is 1. The zero-order valence-electron chi connectivity index (χ0n) is 17.8. The third-order valence-electron chi connectivity index (χ3n) is 5.64. The number of hydrogen-bond acceptors (Lipinski definition) is 6. The van der Waals surface area contributed by atoms with Crippen LogP contribution in [0.2, 0.25) is 0 Å². The summed E-state index contributed by atoms with van der Waals surface area (Å²) in [7, 11) is 0. The molecular formula is C22H32N4O2S. The molecule has 1 amide bonds. The van der Waals surface area contributed by atoms with Crippen molar-refractivity contribution in [3.63, 3.8) is 0 Å². The Balaban J connectivity index is 1.57. The van der Waals surface area contributed by atoms with Crippen LogP contribution in [0.5, 0.6) is 0 Å². The highest BCUT2D eigenvalue weighted by Crippen LogP contribution is 2.27. The van der Waals surface area contributed by atoms with E-state index < -0.39 is 0 Å². The predicted octanol–water partition coefficient (Wildman–Crippen LogP) is 4.86. The van der Waals surface area contributed by atoms with Crippen LogP contribution in [0, 0.1) is 0 Å². The number of carbonyl (C=O) groups is 1. The highest BCUT2D eigenvalue weighted by Gasteiger charge is 2.24. The van der Waals surface area contributed by atoms with Crippen molar-refractivity contribution in [2.75, 3.05) is 30.3 Å². The first kappa shape index (κ1) is 21.7. The van der Waals surface area contributed by atoms with Crippen LogP contribution >= 0.6 is 11.8 Å². The molecular weight excluding hydrogens is 384 g/mol. The van der Waals surface area contributed by atoms with E-state index in [4.69, 9.17) is 4.42 Å². The number of anilines is 1. The lowest BCUT2D eigenvalue weighted by Gasteiger charge is -2.33. The van der Waals surface area contributed by atoms with E-state index in [2.05, 4.69) is 48.0 Å². The van der Waals surface area contributed by atoms with Gasteiger partial charge in [0.15, 0.2) is 0 Å². The highest BCUT2D eigenvalue weighted by atomic mass is 32.2. The van der Waals surface area contributed by atoms with E-state index in [9.17, 15) is 4.79 Å². The van der Waals surface area contributed by atoms with Crippen LogP contribution in [0.1, 0.15) is 52.9 Å². The molecule has 6 nitrogen and oxygen atoms in total. The van der Waals surface area contributed by atoms with Gasteiger partial charge in [0.25, 0.3) is 5.22 Å². The van der Waals surface area contributed by atoms with Crippen LogP contribution in [-0.4, -0.2) is 52.4 Å². The molecule has 1 saturated carbocycles. The van der Waals surface area contributed by atoms with Crippen molar-refractivity contribution in [2.45, 2.75) is 64.1 Å². The molecule has 1 aromatic heterocycles. The van der Waals surface area contributed by atoms with Crippen molar-refractivity contribution < 1.29 is 9.21 Å². The van der Waals surface area contributed by atoms with Gasteiger partial charge in [-0.3, -0.25) is 4.79 Å². The summed E-state index contributed by atoms with van der Waals surface area (Å²) in [5.41, 5.74) is 2.07. The summed E-state index contributed by atoms with van der Waals surface area (Å²) in [4.78, 5) is 17.0. The molecule has 0 bridgehead atoms. The summed E-state index contributed by atoms with van der Waals surface area (Å²) in [6, 6.07) is 8.55. The van der Waals surface area contributed by atoms with Gasteiger partial charge in [0.1, 0.15) is 0 Å². The minimum atomic E-state index is 0.160. The Kier molecular flexibility index (Phi) is 7.98. The maximum atomic E-state index is 12.7. The normalized spacial score (nSPS) is 14.7. The van der Waals surface area contributed by atoms with E-state index in [-0.39, 0.29) is 5.91 Å². The van der Waals surface area contributed by atoms with Gasteiger partial charge in [-0.05, 0) is 57.9 Å². The van der Waals surface area contributed by atoms with Gasteiger partial charge < -0.3 is 14.2 Å². The Labute approximate surface area is 178 Å². The Morgan fingerprint density at radius 2 is 1.72 bits per heavy atom. The first-order valence-electron chi connectivity index (χ1n) is 10.8. The van der Waals surface area contributed by atoms with Gasteiger partial charge in [0.05, 0.1) is 5.75 Å². The molecule has 0 N–H and O–H groups in total. The van der Waals surface area contributed by atoms with Crippen molar-refractivity contribution in [1.82, 2.24) is 15.1 Å². The quantitative estimate of drug-likeness (QED) is 0.544. The summed E-state index contributed by atoms with van der Waals surface area (Å²) in [6.07, 6.45) is 5.98. The summed E-state index contributed by atoms with van der Waals surface area (Å²) < 4.78 is 5.79. The van der Waals surface area contributed by atoms with E-state index >= 15 is 0 Å². The largest absolute Gasteiger partial charge is 0.411 e. The molecule has 29 heavy (non-hydrogen) atoms. The minimum Gasteiger partial charge on any atom is -0.411 e. The maximum Gasteiger partial charge on any atom is 0.277 e. The van der Waals surface area contributed by atoms with Crippen molar-refractivity contribution in [1.29, 1.82) is 0 Å². The molecule has 1 heterocycles. The number of amides is 1. The Bertz CT molecular complexity index is 767. The summed E-state index contributed by atoms with van der Waals surface area (Å²) in [5, 5.41) is 8.72. The van der Waals surface area contributed by atoms with Gasteiger partial charge in [-0.1, -0.05) is 31.0 Å². The number of thioether (sulfide) groups is 1. The standard InChI is InChI=1S/C22H32N4O2S/c1-4-25(5-2)18-14-12-17(13-15-18)21-23-24-22(28-21)29-16-20(27)26(6-3)19-10-8-7-9-11-19/h12-15,19H,4-11,16H2,1-3H3. The zero-order valence-corrected chi connectivity index (χ0v) is 18.6. The fourth-order valence-corrected chi connectivity index (χ4v) is 4.67. The second-order valence-corrected chi connectivity index (χ2v) is 8.28. The zero-order chi connectivity index (χ0) is 20.6. The molecule has 0 unspecified atom stereocenters. The third kappa shape index (κ3) is 5.53. The lowest BCUT2D eigenvalue weighted by atomic mass is 9.94. The van der Waals surface area contributed by atoms with Crippen LogP contribution in [-0.2, 0) is 4.79 Å². The Morgan fingerprint density at radius 1 is 1.03 bits per heavy atom. The molecule has 0 radical (unpaired) electrons. The fourth-order valence-electron chi connectivity index (χ4n) is 4.03. The van der Waals surface area contributed by atoms with E-state index in [0.29, 0.717) is 22.9 Å². The predicted molar refractivity (Wildman–Crippen MR) is 118 cm³/mol. The van der Waals surface area contributed by atoms with Crippen molar-refractivity contribution in [3.05, 3.63) is 24.3 Å². The molecule has 1 aromatic carbocycles. The van der Waals surface area contributed by atoms with Crippen molar-refractivity contribution in [2.24, 2.45) is 0 Å². The smallest absolute Gasteiger partial charge is 0.277 e. The minimum absolute atomic E-state index is 0.160. The number of hydrogen-bond donors (Lipinski definition) is 0. The van der Waals surface area contributed by atoms with Crippen LogP contribution in [0.3, 0.4) is 0 Å². The van der Waals surface area contributed by atoms with Crippen LogP contribution in [0.4, 0.5) is 5.69 Å². The molecule has 0 aliphatic heterocycles. The third-order valence-corrected chi connectivity index (χ3v) is 6.45. The van der Waals surface area contributed by atoms with E-state index in [1.807, 2.05) is 17.0 Å². The van der Waals surface area contributed by atoms with E-state index in [1.54, 1.807) is 0 Å².